The fraction of sp³-hybridized carbons (Fsp3) is 0.200. The van der Waals surface area contributed by atoms with Crippen molar-refractivity contribution in [1.82, 2.24) is 10.3 Å². The smallest absolute Gasteiger partial charge is 0.328 e. The molecule has 2 N–H and O–H groups in total. The molecule has 0 bridgehead atoms. The van der Waals surface area contributed by atoms with Gasteiger partial charge in [-0.15, -0.1) is 0 Å². The van der Waals surface area contributed by atoms with Gasteiger partial charge in [0.25, 0.3) is 11.6 Å². The van der Waals surface area contributed by atoms with Gasteiger partial charge < -0.3 is 15.0 Å². The van der Waals surface area contributed by atoms with Gasteiger partial charge in [-0.2, -0.15) is 0 Å². The molecule has 3 rings (SSSR count). The maximum Gasteiger partial charge on any atom is 0.328 e. The standard InChI is InChI=1S/C20H18ClN3O5/c1-2-29-20(26)18(9-12-11-22-17-6-4-3-5-14(12)17)23-19(25)15-8-7-13(24(27)28)10-16(15)21/h3-8,10-11,18,22H,2,9H2,1H3,(H,23,25)/t18-/m0/s1. The van der Waals surface area contributed by atoms with Crippen LogP contribution in [0.5, 0.6) is 0 Å². The average molecular weight is 416 g/mol. The summed E-state index contributed by atoms with van der Waals surface area (Å²) in [5.74, 6) is -1.20. The first-order chi connectivity index (χ1) is 13.9. The zero-order valence-corrected chi connectivity index (χ0v) is 16.2. The third-order valence-corrected chi connectivity index (χ3v) is 4.70. The van der Waals surface area contributed by atoms with Crippen molar-refractivity contribution in [3.8, 4) is 0 Å². The number of carbonyl (C=O) groups is 2. The van der Waals surface area contributed by atoms with E-state index in [4.69, 9.17) is 16.3 Å². The summed E-state index contributed by atoms with van der Waals surface area (Å²) in [7, 11) is 0. The summed E-state index contributed by atoms with van der Waals surface area (Å²) in [6.07, 6.45) is 1.99. The number of benzene rings is 2. The number of fused-ring (bicyclic) bond motifs is 1. The van der Waals surface area contributed by atoms with Gasteiger partial charge in [-0.05, 0) is 24.6 Å². The van der Waals surface area contributed by atoms with Crippen molar-refractivity contribution in [1.29, 1.82) is 0 Å². The van der Waals surface area contributed by atoms with Crippen LogP contribution in [0, 0.1) is 10.1 Å². The molecule has 0 aliphatic carbocycles. The Labute approximate surface area is 171 Å². The van der Waals surface area contributed by atoms with Gasteiger partial charge in [-0.3, -0.25) is 14.9 Å². The summed E-state index contributed by atoms with van der Waals surface area (Å²) in [4.78, 5) is 38.5. The second-order valence-corrected chi connectivity index (χ2v) is 6.67. The lowest BCUT2D eigenvalue weighted by molar-refractivity contribution is -0.384. The van der Waals surface area contributed by atoms with E-state index in [1.165, 1.54) is 12.1 Å². The normalized spacial score (nSPS) is 11.8. The number of ether oxygens (including phenoxy) is 1. The molecular weight excluding hydrogens is 398 g/mol. The number of amides is 1. The van der Waals surface area contributed by atoms with Crippen molar-refractivity contribution < 1.29 is 19.2 Å². The average Bonchev–Trinajstić information content (AvgIpc) is 3.10. The molecule has 0 unspecified atom stereocenters. The molecule has 1 amide bonds. The number of rotatable bonds is 7. The van der Waals surface area contributed by atoms with Gasteiger partial charge in [0.05, 0.1) is 22.1 Å². The number of carbonyl (C=O) groups excluding carboxylic acids is 2. The largest absolute Gasteiger partial charge is 0.464 e. The van der Waals surface area contributed by atoms with Crippen molar-refractivity contribution in [2.75, 3.05) is 6.61 Å². The third-order valence-electron chi connectivity index (χ3n) is 4.38. The van der Waals surface area contributed by atoms with Crippen molar-refractivity contribution in [3.63, 3.8) is 0 Å². The molecule has 9 heteroatoms. The SMILES string of the molecule is CCOC(=O)[C@H](Cc1c[nH]c2ccccc12)NC(=O)c1ccc([N+](=O)[O-])cc1Cl. The Morgan fingerprint density at radius 3 is 2.72 bits per heavy atom. The Morgan fingerprint density at radius 2 is 2.03 bits per heavy atom. The number of nitro groups is 1. The zero-order valence-electron chi connectivity index (χ0n) is 15.5. The molecule has 150 valence electrons. The lowest BCUT2D eigenvalue weighted by Crippen LogP contribution is -2.43. The molecule has 3 aromatic rings. The lowest BCUT2D eigenvalue weighted by atomic mass is 10.0. The van der Waals surface area contributed by atoms with Gasteiger partial charge in [-0.25, -0.2) is 4.79 Å². The molecule has 0 fully saturated rings. The molecule has 29 heavy (non-hydrogen) atoms. The van der Waals surface area contributed by atoms with E-state index >= 15 is 0 Å². The van der Waals surface area contributed by atoms with Crippen molar-refractivity contribution in [2.45, 2.75) is 19.4 Å². The monoisotopic (exact) mass is 415 g/mol. The number of nitro benzene ring substituents is 1. The first-order valence-electron chi connectivity index (χ1n) is 8.87. The molecule has 0 spiro atoms. The Bertz CT molecular complexity index is 1080. The zero-order chi connectivity index (χ0) is 21.0. The second-order valence-electron chi connectivity index (χ2n) is 6.26. The van der Waals surface area contributed by atoms with E-state index in [0.717, 1.165) is 22.5 Å². The molecule has 1 aromatic heterocycles. The van der Waals surface area contributed by atoms with Gasteiger partial charge in [-0.1, -0.05) is 29.8 Å². The number of aromatic nitrogens is 1. The molecule has 0 radical (unpaired) electrons. The molecule has 0 saturated carbocycles. The van der Waals surface area contributed by atoms with E-state index in [1.807, 2.05) is 24.3 Å². The summed E-state index contributed by atoms with van der Waals surface area (Å²) in [5, 5.41) is 14.3. The van der Waals surface area contributed by atoms with Crippen LogP contribution in [-0.4, -0.2) is 34.4 Å². The first kappa shape index (κ1) is 20.3. The summed E-state index contributed by atoms with van der Waals surface area (Å²) < 4.78 is 5.10. The van der Waals surface area contributed by atoms with Crippen LogP contribution in [-0.2, 0) is 16.0 Å². The van der Waals surface area contributed by atoms with Gasteiger partial charge in [0, 0.05) is 35.7 Å². The number of halogens is 1. The third kappa shape index (κ3) is 4.55. The van der Waals surface area contributed by atoms with Crippen LogP contribution in [0.3, 0.4) is 0 Å². The van der Waals surface area contributed by atoms with Crippen LogP contribution in [0.25, 0.3) is 10.9 Å². The van der Waals surface area contributed by atoms with Crippen LogP contribution in [0.1, 0.15) is 22.8 Å². The summed E-state index contributed by atoms with van der Waals surface area (Å²) in [6.45, 7) is 1.84. The highest BCUT2D eigenvalue weighted by Crippen LogP contribution is 2.23. The quantitative estimate of drug-likeness (QED) is 0.347. The van der Waals surface area contributed by atoms with Crippen molar-refractivity contribution in [2.24, 2.45) is 0 Å². The molecule has 1 heterocycles. The summed E-state index contributed by atoms with van der Waals surface area (Å²) in [6, 6.07) is 10.2. The molecule has 2 aromatic carbocycles. The lowest BCUT2D eigenvalue weighted by Gasteiger charge is -2.17. The van der Waals surface area contributed by atoms with Crippen LogP contribution in [0.2, 0.25) is 5.02 Å². The van der Waals surface area contributed by atoms with E-state index in [-0.39, 0.29) is 29.3 Å². The molecule has 1 atom stereocenters. The van der Waals surface area contributed by atoms with E-state index in [9.17, 15) is 19.7 Å². The Morgan fingerprint density at radius 1 is 1.28 bits per heavy atom. The summed E-state index contributed by atoms with van der Waals surface area (Å²) >= 11 is 6.03. The number of hydrogen-bond donors (Lipinski definition) is 2. The van der Waals surface area contributed by atoms with E-state index in [0.29, 0.717) is 0 Å². The highest BCUT2D eigenvalue weighted by atomic mass is 35.5. The molecule has 0 aliphatic rings. The number of nitrogens with one attached hydrogen (secondary N) is 2. The van der Waals surface area contributed by atoms with Gasteiger partial charge in [0.1, 0.15) is 6.04 Å². The molecular formula is C20H18ClN3O5. The number of hydrogen-bond acceptors (Lipinski definition) is 5. The van der Waals surface area contributed by atoms with Gasteiger partial charge in [0.15, 0.2) is 0 Å². The topological polar surface area (TPSA) is 114 Å². The Hall–Kier alpha value is -3.39. The minimum absolute atomic E-state index is 0.0329. The van der Waals surface area contributed by atoms with E-state index in [1.54, 1.807) is 13.1 Å². The highest BCUT2D eigenvalue weighted by Gasteiger charge is 2.25. The van der Waals surface area contributed by atoms with E-state index < -0.39 is 22.8 Å². The maximum absolute atomic E-state index is 12.7. The van der Waals surface area contributed by atoms with Crippen LogP contribution >= 0.6 is 11.6 Å². The minimum Gasteiger partial charge on any atom is -0.464 e. The number of esters is 1. The molecule has 0 saturated heterocycles. The van der Waals surface area contributed by atoms with Crippen molar-refractivity contribution >= 4 is 40.1 Å². The Kier molecular flexibility index (Phi) is 6.13. The van der Waals surface area contributed by atoms with E-state index in [2.05, 4.69) is 10.3 Å². The van der Waals surface area contributed by atoms with Gasteiger partial charge >= 0.3 is 5.97 Å². The number of H-pyrrole nitrogens is 1. The summed E-state index contributed by atoms with van der Waals surface area (Å²) in [5.41, 5.74) is 1.56. The predicted octanol–water partition coefficient (Wildman–Crippen LogP) is 3.63. The number of non-ortho nitro benzene ring substituents is 1. The predicted molar refractivity (Wildman–Crippen MR) is 108 cm³/mol. The van der Waals surface area contributed by atoms with Crippen molar-refractivity contribution in [3.05, 3.63) is 74.9 Å². The van der Waals surface area contributed by atoms with Gasteiger partial charge in [0.2, 0.25) is 0 Å². The molecule has 8 nitrogen and oxygen atoms in total. The fourth-order valence-corrected chi connectivity index (χ4v) is 3.25. The number of nitrogens with zero attached hydrogens (tertiary/aromatic N) is 1. The fourth-order valence-electron chi connectivity index (χ4n) is 2.99. The highest BCUT2D eigenvalue weighted by molar-refractivity contribution is 6.34. The second kappa shape index (κ2) is 8.74. The van der Waals surface area contributed by atoms with Crippen LogP contribution < -0.4 is 5.32 Å². The van der Waals surface area contributed by atoms with Crippen LogP contribution in [0.4, 0.5) is 5.69 Å². The minimum atomic E-state index is -0.951. The van der Waals surface area contributed by atoms with Crippen LogP contribution in [0.15, 0.2) is 48.7 Å². The molecule has 0 aliphatic heterocycles. The Balaban J connectivity index is 1.85. The number of para-hydroxylation sites is 1. The maximum atomic E-state index is 12.7. The first-order valence-corrected chi connectivity index (χ1v) is 9.25. The number of aromatic amines is 1.